The Balaban J connectivity index is 2.06. The fourth-order valence-corrected chi connectivity index (χ4v) is 4.14. The first-order valence-electron chi connectivity index (χ1n) is 11.7. The van der Waals surface area contributed by atoms with Gasteiger partial charge in [0.05, 0.1) is 0 Å². The zero-order valence-corrected chi connectivity index (χ0v) is 21.5. The highest BCUT2D eigenvalue weighted by molar-refractivity contribution is 7.80. The van der Waals surface area contributed by atoms with E-state index in [4.69, 9.17) is 22.7 Å². The van der Waals surface area contributed by atoms with Crippen molar-refractivity contribution in [2.24, 2.45) is 0 Å². The van der Waals surface area contributed by atoms with Crippen LogP contribution in [0.4, 0.5) is 0 Å². The lowest BCUT2D eigenvalue weighted by Gasteiger charge is -2.33. The summed E-state index contributed by atoms with van der Waals surface area (Å²) in [4.78, 5) is 23.8. The van der Waals surface area contributed by atoms with Crippen LogP contribution in [-0.2, 0) is 20.4 Å². The zero-order valence-electron chi connectivity index (χ0n) is 20.6. The molecule has 2 amide bonds. The molecular weight excluding hydrogens is 472 g/mol. The second kappa shape index (κ2) is 13.8. The van der Waals surface area contributed by atoms with E-state index in [1.54, 1.807) is 12.4 Å². The van der Waals surface area contributed by atoms with Crippen LogP contribution in [0.3, 0.4) is 0 Å². The van der Waals surface area contributed by atoms with E-state index < -0.39 is 10.8 Å². The Bertz CT molecular complexity index is 1030. The third-order valence-corrected chi connectivity index (χ3v) is 6.71. The highest BCUT2D eigenvalue weighted by Gasteiger charge is 2.30. The number of rotatable bonds is 12. The normalized spacial score (nSPS) is 13.6. The lowest BCUT2D eigenvalue weighted by molar-refractivity contribution is -0.121. The number of carbonyl (C=O) groups excluding carboxylic acids is 2. The predicted molar refractivity (Wildman–Crippen MR) is 142 cm³/mol. The summed E-state index contributed by atoms with van der Waals surface area (Å²) in [5.74, 6) is -0.640. The third-order valence-electron chi connectivity index (χ3n) is 6.42. The van der Waals surface area contributed by atoms with Crippen molar-refractivity contribution in [1.29, 1.82) is 10.5 Å². The molecule has 4 N–H and O–H groups in total. The highest BCUT2D eigenvalue weighted by atomic mass is 32.1. The van der Waals surface area contributed by atoms with Crippen molar-refractivity contribution < 1.29 is 9.59 Å². The first-order valence-corrected chi connectivity index (χ1v) is 12.1. The van der Waals surface area contributed by atoms with E-state index in [0.717, 1.165) is 11.1 Å². The number of thiocarbonyl (C=S) groups is 1. The van der Waals surface area contributed by atoms with E-state index in [1.165, 1.54) is 0 Å². The summed E-state index contributed by atoms with van der Waals surface area (Å²) in [6.45, 7) is 5.07. The molecule has 2 aromatic carbocycles. The standard InChI is InChI=1S/C27H32N6O2S/c1-26(15-13-23(34)32-19-28,21-9-5-3-6-10-21)17-30-25(36)31-18-27(2,16-14-24(35)33-20-29)22-11-7-4-8-12-22/h3-12H,13-18H2,1-2H3,(H,32,34)(H,33,35)(H2,30,31,36). The van der Waals surface area contributed by atoms with E-state index in [2.05, 4.69) is 35.1 Å². The van der Waals surface area contributed by atoms with Gasteiger partial charge in [0.1, 0.15) is 0 Å². The number of nitrogens with zero attached hydrogens (tertiary/aromatic N) is 2. The van der Waals surface area contributed by atoms with Crippen LogP contribution in [0.25, 0.3) is 0 Å². The molecule has 0 saturated carbocycles. The van der Waals surface area contributed by atoms with Gasteiger partial charge in [-0.05, 0) is 36.2 Å². The van der Waals surface area contributed by atoms with Gasteiger partial charge in [-0.2, -0.15) is 10.5 Å². The number of nitriles is 2. The molecule has 0 spiro atoms. The van der Waals surface area contributed by atoms with Crippen molar-refractivity contribution >= 4 is 29.1 Å². The summed E-state index contributed by atoms with van der Waals surface area (Å²) in [6, 6.07) is 19.7. The molecule has 0 saturated heterocycles. The molecule has 188 valence electrons. The Labute approximate surface area is 218 Å². The molecule has 2 atom stereocenters. The maximum absolute atomic E-state index is 11.9. The summed E-state index contributed by atoms with van der Waals surface area (Å²) < 4.78 is 0. The summed E-state index contributed by atoms with van der Waals surface area (Å²) in [7, 11) is 0. The molecule has 0 aliphatic rings. The molecule has 0 heterocycles. The second-order valence-electron chi connectivity index (χ2n) is 9.21. The molecule has 0 radical (unpaired) electrons. The number of hydrogen-bond donors (Lipinski definition) is 4. The monoisotopic (exact) mass is 504 g/mol. The van der Waals surface area contributed by atoms with Crippen LogP contribution >= 0.6 is 12.2 Å². The van der Waals surface area contributed by atoms with Crippen molar-refractivity contribution in [2.45, 2.75) is 50.4 Å². The molecule has 0 fully saturated rings. The Morgan fingerprint density at radius 2 is 1.11 bits per heavy atom. The molecule has 0 bridgehead atoms. The summed E-state index contributed by atoms with van der Waals surface area (Å²) in [5, 5.41) is 28.8. The van der Waals surface area contributed by atoms with Crippen LogP contribution in [0.15, 0.2) is 60.7 Å². The van der Waals surface area contributed by atoms with Crippen LogP contribution in [0.1, 0.15) is 50.7 Å². The van der Waals surface area contributed by atoms with E-state index in [9.17, 15) is 9.59 Å². The van der Waals surface area contributed by atoms with Gasteiger partial charge in [0.2, 0.25) is 11.8 Å². The maximum atomic E-state index is 11.9. The summed E-state index contributed by atoms with van der Waals surface area (Å²) >= 11 is 5.58. The average Bonchev–Trinajstić information content (AvgIpc) is 2.90. The minimum atomic E-state index is -0.405. The quantitative estimate of drug-likeness (QED) is 0.198. The van der Waals surface area contributed by atoms with Gasteiger partial charge in [-0.25, -0.2) is 0 Å². The third kappa shape index (κ3) is 8.68. The summed E-state index contributed by atoms with van der Waals surface area (Å²) in [6.07, 6.45) is 4.81. The number of amides is 2. The van der Waals surface area contributed by atoms with Gasteiger partial charge in [0.25, 0.3) is 0 Å². The minimum Gasteiger partial charge on any atom is -0.362 e. The van der Waals surface area contributed by atoms with E-state index in [-0.39, 0.29) is 24.7 Å². The smallest absolute Gasteiger partial charge is 0.233 e. The van der Waals surface area contributed by atoms with Crippen LogP contribution in [0.2, 0.25) is 0 Å². The summed E-state index contributed by atoms with van der Waals surface area (Å²) in [5.41, 5.74) is 1.31. The van der Waals surface area contributed by atoms with Gasteiger partial charge in [0.15, 0.2) is 17.5 Å². The molecule has 2 aromatic rings. The van der Waals surface area contributed by atoms with Gasteiger partial charge in [-0.15, -0.1) is 0 Å². The molecule has 0 aliphatic heterocycles. The van der Waals surface area contributed by atoms with Crippen LogP contribution in [0, 0.1) is 22.9 Å². The Hall–Kier alpha value is -3.95. The molecule has 2 unspecified atom stereocenters. The van der Waals surface area contributed by atoms with E-state index in [0.29, 0.717) is 31.0 Å². The topological polar surface area (TPSA) is 130 Å². The molecule has 9 heteroatoms. The lowest BCUT2D eigenvalue weighted by atomic mass is 9.78. The first-order chi connectivity index (χ1) is 17.2. The minimum absolute atomic E-state index is 0.206. The number of benzene rings is 2. The van der Waals surface area contributed by atoms with Crippen LogP contribution in [-0.4, -0.2) is 30.0 Å². The Morgan fingerprint density at radius 3 is 1.44 bits per heavy atom. The van der Waals surface area contributed by atoms with Gasteiger partial charge >= 0.3 is 0 Å². The highest BCUT2D eigenvalue weighted by Crippen LogP contribution is 2.30. The molecule has 8 nitrogen and oxygen atoms in total. The zero-order chi connectivity index (χ0) is 26.4. The lowest BCUT2D eigenvalue weighted by Crippen LogP contribution is -2.47. The maximum Gasteiger partial charge on any atom is 0.233 e. The molecular formula is C27H32N6O2S. The Kier molecular flexibility index (Phi) is 10.9. The molecule has 0 aliphatic carbocycles. The predicted octanol–water partition coefficient (Wildman–Crippen LogP) is 3.12. The van der Waals surface area contributed by atoms with Gasteiger partial charge < -0.3 is 10.6 Å². The van der Waals surface area contributed by atoms with Crippen LogP contribution < -0.4 is 21.3 Å². The molecule has 36 heavy (non-hydrogen) atoms. The fraction of sp³-hybridized carbons (Fsp3) is 0.370. The van der Waals surface area contributed by atoms with Crippen molar-refractivity contribution in [1.82, 2.24) is 21.3 Å². The molecule has 0 aromatic heterocycles. The van der Waals surface area contributed by atoms with Crippen LogP contribution in [0.5, 0.6) is 0 Å². The first kappa shape index (κ1) is 28.3. The Morgan fingerprint density at radius 1 is 0.750 bits per heavy atom. The number of nitrogens with one attached hydrogen (secondary N) is 4. The SMILES string of the molecule is CC(CCC(=O)NC#N)(CNC(=S)NCC(C)(CCC(=O)NC#N)c1ccccc1)c1ccccc1. The second-order valence-corrected chi connectivity index (χ2v) is 9.62. The average molecular weight is 505 g/mol. The van der Waals surface area contributed by atoms with Crippen molar-refractivity contribution in [2.75, 3.05) is 13.1 Å². The van der Waals surface area contributed by atoms with Crippen molar-refractivity contribution in [3.8, 4) is 12.4 Å². The van der Waals surface area contributed by atoms with Crippen molar-refractivity contribution in [3.05, 3.63) is 71.8 Å². The van der Waals surface area contributed by atoms with Gasteiger partial charge in [-0.1, -0.05) is 74.5 Å². The van der Waals surface area contributed by atoms with Gasteiger partial charge in [0, 0.05) is 36.8 Å². The van der Waals surface area contributed by atoms with Gasteiger partial charge in [-0.3, -0.25) is 20.2 Å². The van der Waals surface area contributed by atoms with Crippen molar-refractivity contribution in [3.63, 3.8) is 0 Å². The van der Waals surface area contributed by atoms with E-state index >= 15 is 0 Å². The number of hydrogen-bond acceptors (Lipinski definition) is 5. The largest absolute Gasteiger partial charge is 0.362 e. The number of carbonyl (C=O) groups is 2. The fourth-order valence-electron chi connectivity index (χ4n) is 3.99. The van der Waals surface area contributed by atoms with E-state index in [1.807, 2.05) is 60.7 Å². The molecule has 2 rings (SSSR count).